The number of amides is 1. The fraction of sp³-hybridized carbons (Fsp3) is 0.261. The molecule has 0 saturated heterocycles. The van der Waals surface area contributed by atoms with Gasteiger partial charge < -0.3 is 9.88 Å². The highest BCUT2D eigenvalue weighted by Crippen LogP contribution is 2.15. The standard InChI is InChI=1S/C23H26N4O2/c1-4-27(5-2)16-17-6-8-19(9-7-17)23(29)25-20-12-10-18(11-13-20)21(28)22-24-14-15-26(22)3/h6-15H,4-5,16H2,1-3H3,(H,25,29). The first-order valence-corrected chi connectivity index (χ1v) is 9.76. The number of hydrogen-bond acceptors (Lipinski definition) is 4. The Bertz CT molecular complexity index is 971. The first-order valence-electron chi connectivity index (χ1n) is 9.76. The first-order chi connectivity index (χ1) is 14.0. The highest BCUT2D eigenvalue weighted by Gasteiger charge is 2.14. The number of nitrogens with one attached hydrogen (secondary N) is 1. The van der Waals surface area contributed by atoms with E-state index in [9.17, 15) is 9.59 Å². The summed E-state index contributed by atoms with van der Waals surface area (Å²) in [6, 6.07) is 14.5. The zero-order valence-corrected chi connectivity index (χ0v) is 17.1. The summed E-state index contributed by atoms with van der Waals surface area (Å²) in [6.45, 7) is 7.15. The monoisotopic (exact) mass is 390 g/mol. The number of aryl methyl sites for hydroxylation is 1. The van der Waals surface area contributed by atoms with Crippen molar-refractivity contribution in [2.45, 2.75) is 20.4 Å². The van der Waals surface area contributed by atoms with Gasteiger partial charge in [-0.1, -0.05) is 26.0 Å². The number of imidazole rings is 1. The third-order valence-electron chi connectivity index (χ3n) is 4.95. The van der Waals surface area contributed by atoms with E-state index in [-0.39, 0.29) is 11.7 Å². The number of carbonyl (C=O) groups is 2. The van der Waals surface area contributed by atoms with Crippen LogP contribution in [0.25, 0.3) is 0 Å². The van der Waals surface area contributed by atoms with Gasteiger partial charge in [0.05, 0.1) is 0 Å². The largest absolute Gasteiger partial charge is 0.331 e. The number of nitrogens with zero attached hydrogens (tertiary/aromatic N) is 3. The molecule has 0 unspecified atom stereocenters. The summed E-state index contributed by atoms with van der Waals surface area (Å²) in [5, 5.41) is 2.87. The molecule has 0 radical (unpaired) electrons. The summed E-state index contributed by atoms with van der Waals surface area (Å²) in [4.78, 5) is 31.4. The third kappa shape index (κ3) is 4.97. The Morgan fingerprint density at radius 3 is 2.14 bits per heavy atom. The van der Waals surface area contributed by atoms with Gasteiger partial charge in [-0.15, -0.1) is 0 Å². The summed E-state index contributed by atoms with van der Waals surface area (Å²) in [5.74, 6) is 0.0494. The van der Waals surface area contributed by atoms with Crippen LogP contribution < -0.4 is 5.32 Å². The van der Waals surface area contributed by atoms with Gasteiger partial charge in [0, 0.05) is 42.8 Å². The fourth-order valence-electron chi connectivity index (χ4n) is 3.09. The van der Waals surface area contributed by atoms with Crippen molar-refractivity contribution in [2.24, 2.45) is 7.05 Å². The number of carbonyl (C=O) groups excluding carboxylic acids is 2. The molecular formula is C23H26N4O2. The zero-order valence-electron chi connectivity index (χ0n) is 17.1. The van der Waals surface area contributed by atoms with Crippen molar-refractivity contribution in [3.05, 3.63) is 83.4 Å². The number of anilines is 1. The Kier molecular flexibility index (Phi) is 6.57. The van der Waals surface area contributed by atoms with Crippen molar-refractivity contribution in [3.63, 3.8) is 0 Å². The normalized spacial score (nSPS) is 10.9. The average Bonchev–Trinajstić information content (AvgIpc) is 3.18. The second-order valence-corrected chi connectivity index (χ2v) is 6.88. The summed E-state index contributed by atoms with van der Waals surface area (Å²) in [6.07, 6.45) is 3.32. The Labute approximate surface area is 171 Å². The molecule has 1 heterocycles. The molecule has 150 valence electrons. The second-order valence-electron chi connectivity index (χ2n) is 6.88. The van der Waals surface area contributed by atoms with Gasteiger partial charge in [0.1, 0.15) is 0 Å². The average molecular weight is 390 g/mol. The molecule has 1 N–H and O–H groups in total. The lowest BCUT2D eigenvalue weighted by Gasteiger charge is -2.18. The van der Waals surface area contributed by atoms with E-state index in [1.54, 1.807) is 48.3 Å². The molecule has 0 saturated carbocycles. The fourth-order valence-corrected chi connectivity index (χ4v) is 3.09. The molecule has 0 fully saturated rings. The molecule has 1 aromatic heterocycles. The van der Waals surface area contributed by atoms with Gasteiger partial charge in [-0.05, 0) is 55.1 Å². The lowest BCUT2D eigenvalue weighted by Crippen LogP contribution is -2.22. The van der Waals surface area contributed by atoms with Crippen molar-refractivity contribution in [2.75, 3.05) is 18.4 Å². The first kappa shape index (κ1) is 20.5. The smallest absolute Gasteiger partial charge is 0.255 e. The summed E-state index contributed by atoms with van der Waals surface area (Å²) in [5.41, 5.74) is 2.94. The summed E-state index contributed by atoms with van der Waals surface area (Å²) < 4.78 is 1.68. The molecule has 0 aliphatic heterocycles. The molecule has 29 heavy (non-hydrogen) atoms. The third-order valence-corrected chi connectivity index (χ3v) is 4.95. The van der Waals surface area contributed by atoms with E-state index in [2.05, 4.69) is 29.0 Å². The van der Waals surface area contributed by atoms with E-state index in [4.69, 9.17) is 0 Å². The maximum Gasteiger partial charge on any atom is 0.255 e. The van der Waals surface area contributed by atoms with Gasteiger partial charge in [-0.2, -0.15) is 0 Å². The lowest BCUT2D eigenvalue weighted by atomic mass is 10.1. The maximum atomic E-state index is 12.5. The van der Waals surface area contributed by atoms with Crippen LogP contribution >= 0.6 is 0 Å². The van der Waals surface area contributed by atoms with Gasteiger partial charge in [-0.3, -0.25) is 14.5 Å². The minimum absolute atomic E-state index is 0.154. The number of hydrogen-bond donors (Lipinski definition) is 1. The molecule has 6 nitrogen and oxygen atoms in total. The minimum atomic E-state index is -0.178. The van der Waals surface area contributed by atoms with E-state index < -0.39 is 0 Å². The van der Waals surface area contributed by atoms with E-state index in [0.717, 1.165) is 19.6 Å². The molecule has 0 atom stereocenters. The number of aromatic nitrogens is 2. The van der Waals surface area contributed by atoms with Crippen LogP contribution in [-0.2, 0) is 13.6 Å². The highest BCUT2D eigenvalue weighted by atomic mass is 16.1. The molecular weight excluding hydrogens is 364 g/mol. The van der Waals surface area contributed by atoms with Crippen LogP contribution in [0.1, 0.15) is 46.0 Å². The van der Waals surface area contributed by atoms with Crippen LogP contribution in [0.5, 0.6) is 0 Å². The van der Waals surface area contributed by atoms with Gasteiger partial charge in [-0.25, -0.2) is 4.98 Å². The minimum Gasteiger partial charge on any atom is -0.331 e. The van der Waals surface area contributed by atoms with Crippen LogP contribution in [0.3, 0.4) is 0 Å². The highest BCUT2D eigenvalue weighted by molar-refractivity contribution is 6.07. The second kappa shape index (κ2) is 9.30. The quantitative estimate of drug-likeness (QED) is 0.595. The SMILES string of the molecule is CCN(CC)Cc1ccc(C(=O)Nc2ccc(C(=O)c3nccn3C)cc2)cc1. The van der Waals surface area contributed by atoms with Crippen LogP contribution in [0.15, 0.2) is 60.9 Å². The van der Waals surface area contributed by atoms with Crippen molar-refractivity contribution >= 4 is 17.4 Å². The van der Waals surface area contributed by atoms with E-state index in [0.29, 0.717) is 22.6 Å². The Balaban J connectivity index is 1.63. The van der Waals surface area contributed by atoms with Crippen molar-refractivity contribution in [3.8, 4) is 0 Å². The van der Waals surface area contributed by atoms with Crippen molar-refractivity contribution in [1.29, 1.82) is 0 Å². The molecule has 1 amide bonds. The molecule has 0 spiro atoms. The number of benzene rings is 2. The Morgan fingerprint density at radius 2 is 1.59 bits per heavy atom. The summed E-state index contributed by atoms with van der Waals surface area (Å²) >= 11 is 0. The van der Waals surface area contributed by atoms with E-state index in [1.165, 1.54) is 5.56 Å². The van der Waals surface area contributed by atoms with Crippen LogP contribution in [-0.4, -0.2) is 39.2 Å². The Morgan fingerprint density at radius 1 is 0.966 bits per heavy atom. The lowest BCUT2D eigenvalue weighted by molar-refractivity contribution is 0.102. The van der Waals surface area contributed by atoms with E-state index >= 15 is 0 Å². The number of ketones is 1. The Hall–Kier alpha value is -3.25. The molecule has 0 aliphatic rings. The van der Waals surface area contributed by atoms with Crippen molar-refractivity contribution in [1.82, 2.24) is 14.5 Å². The van der Waals surface area contributed by atoms with Gasteiger partial charge in [0.25, 0.3) is 5.91 Å². The molecule has 0 bridgehead atoms. The van der Waals surface area contributed by atoms with Gasteiger partial charge in [0.15, 0.2) is 5.82 Å². The number of rotatable bonds is 8. The van der Waals surface area contributed by atoms with Crippen LogP contribution in [0.2, 0.25) is 0 Å². The van der Waals surface area contributed by atoms with Crippen LogP contribution in [0, 0.1) is 0 Å². The predicted molar refractivity (Wildman–Crippen MR) is 114 cm³/mol. The molecule has 3 aromatic rings. The topological polar surface area (TPSA) is 67.2 Å². The zero-order chi connectivity index (χ0) is 20.8. The van der Waals surface area contributed by atoms with Gasteiger partial charge in [0.2, 0.25) is 5.78 Å². The molecule has 6 heteroatoms. The van der Waals surface area contributed by atoms with E-state index in [1.807, 2.05) is 24.3 Å². The molecule has 3 rings (SSSR count). The molecule has 2 aromatic carbocycles. The van der Waals surface area contributed by atoms with Crippen molar-refractivity contribution < 1.29 is 9.59 Å². The predicted octanol–water partition coefficient (Wildman–Crippen LogP) is 3.75. The van der Waals surface area contributed by atoms with Gasteiger partial charge >= 0.3 is 0 Å². The molecule has 0 aliphatic carbocycles. The maximum absolute atomic E-state index is 12.5. The summed E-state index contributed by atoms with van der Waals surface area (Å²) in [7, 11) is 1.78. The van der Waals surface area contributed by atoms with Crippen LogP contribution in [0.4, 0.5) is 5.69 Å².